The van der Waals surface area contributed by atoms with E-state index >= 15 is 0 Å². The summed E-state index contributed by atoms with van der Waals surface area (Å²) in [4.78, 5) is 45.1. The number of imide groups is 1. The second-order valence-electron chi connectivity index (χ2n) is 7.47. The summed E-state index contributed by atoms with van der Waals surface area (Å²) in [6.07, 6.45) is -1.12. The molecule has 0 saturated carbocycles. The van der Waals surface area contributed by atoms with Crippen LogP contribution in [0, 0.1) is 16.0 Å². The van der Waals surface area contributed by atoms with Gasteiger partial charge in [-0.1, -0.05) is 48.0 Å². The number of nitro groups is 1. The Labute approximate surface area is 187 Å². The van der Waals surface area contributed by atoms with E-state index in [-0.39, 0.29) is 5.69 Å². The van der Waals surface area contributed by atoms with E-state index < -0.39 is 34.8 Å². The van der Waals surface area contributed by atoms with Gasteiger partial charge in [0.2, 0.25) is 5.91 Å². The molecule has 160 valence electrons. The molecule has 0 aromatic heterocycles. The van der Waals surface area contributed by atoms with Crippen LogP contribution in [0.1, 0.15) is 11.6 Å². The van der Waals surface area contributed by atoms with Gasteiger partial charge in [-0.2, -0.15) is 0 Å². The third-order valence-electron chi connectivity index (χ3n) is 5.64. The fourth-order valence-corrected chi connectivity index (χ4v) is 4.49. The molecule has 3 atom stereocenters. The molecular formula is C23H16ClN3O5. The fourth-order valence-electron chi connectivity index (χ4n) is 4.30. The SMILES string of the molecule is O=C1[C@H]2[C@@H](c3ccccc3[N+](=O)[O-])N(c3ccccc3)O[C@H]2C(=O)N1c1cccc(Cl)c1. The van der Waals surface area contributed by atoms with Gasteiger partial charge in [-0.15, -0.1) is 0 Å². The third-order valence-corrected chi connectivity index (χ3v) is 5.88. The molecule has 2 amide bonds. The summed E-state index contributed by atoms with van der Waals surface area (Å²) in [5.74, 6) is -2.00. The first kappa shape index (κ1) is 20.2. The predicted octanol–water partition coefficient (Wildman–Crippen LogP) is 4.30. The first-order valence-electron chi connectivity index (χ1n) is 9.85. The summed E-state index contributed by atoms with van der Waals surface area (Å²) in [5.41, 5.74) is 1.06. The second-order valence-corrected chi connectivity index (χ2v) is 7.90. The Morgan fingerprint density at radius 1 is 0.875 bits per heavy atom. The number of nitrogens with zero attached hydrogens (tertiary/aromatic N) is 3. The van der Waals surface area contributed by atoms with Crippen LogP contribution in [0.4, 0.5) is 17.1 Å². The van der Waals surface area contributed by atoms with Crippen molar-refractivity contribution in [3.8, 4) is 0 Å². The molecule has 2 aliphatic rings. The number of fused-ring (bicyclic) bond motifs is 1. The van der Waals surface area contributed by atoms with Crippen LogP contribution >= 0.6 is 11.6 Å². The minimum absolute atomic E-state index is 0.149. The van der Waals surface area contributed by atoms with Crippen molar-refractivity contribution >= 4 is 40.5 Å². The summed E-state index contributed by atoms with van der Waals surface area (Å²) >= 11 is 6.06. The highest BCUT2D eigenvalue weighted by atomic mass is 35.5. The Kier molecular flexibility index (Phi) is 4.88. The van der Waals surface area contributed by atoms with Crippen LogP contribution in [0.25, 0.3) is 0 Å². The molecule has 9 heteroatoms. The maximum absolute atomic E-state index is 13.5. The molecule has 32 heavy (non-hydrogen) atoms. The minimum atomic E-state index is -1.12. The topological polar surface area (TPSA) is 93.0 Å². The number of anilines is 2. The zero-order chi connectivity index (χ0) is 22.4. The van der Waals surface area contributed by atoms with E-state index in [1.54, 1.807) is 60.7 Å². The highest BCUT2D eigenvalue weighted by Crippen LogP contribution is 2.49. The lowest BCUT2D eigenvalue weighted by Crippen LogP contribution is -2.37. The van der Waals surface area contributed by atoms with Crippen molar-refractivity contribution in [2.24, 2.45) is 5.92 Å². The van der Waals surface area contributed by atoms with E-state index in [0.717, 1.165) is 4.90 Å². The number of amides is 2. The number of carbonyl (C=O) groups is 2. The average Bonchev–Trinajstić information content (AvgIpc) is 3.30. The van der Waals surface area contributed by atoms with Gasteiger partial charge in [-0.3, -0.25) is 24.5 Å². The number of hydrogen-bond acceptors (Lipinski definition) is 6. The average molecular weight is 450 g/mol. The molecular weight excluding hydrogens is 434 g/mol. The van der Waals surface area contributed by atoms with Crippen LogP contribution < -0.4 is 9.96 Å². The van der Waals surface area contributed by atoms with Gasteiger partial charge in [0.15, 0.2) is 6.10 Å². The largest absolute Gasteiger partial charge is 0.274 e. The van der Waals surface area contributed by atoms with Crippen LogP contribution in [0.3, 0.4) is 0 Å². The van der Waals surface area contributed by atoms with Crippen LogP contribution in [0.15, 0.2) is 78.9 Å². The van der Waals surface area contributed by atoms with Crippen molar-refractivity contribution < 1.29 is 19.3 Å². The minimum Gasteiger partial charge on any atom is -0.273 e. The zero-order valence-electron chi connectivity index (χ0n) is 16.5. The van der Waals surface area contributed by atoms with Crippen molar-refractivity contribution in [1.29, 1.82) is 0 Å². The quantitative estimate of drug-likeness (QED) is 0.335. The Morgan fingerprint density at radius 3 is 2.28 bits per heavy atom. The molecule has 0 radical (unpaired) electrons. The summed E-state index contributed by atoms with van der Waals surface area (Å²) in [7, 11) is 0. The summed E-state index contributed by atoms with van der Waals surface area (Å²) < 4.78 is 0. The number of halogens is 1. The second kappa shape index (κ2) is 7.74. The number of hydroxylamine groups is 1. The van der Waals surface area contributed by atoms with Crippen molar-refractivity contribution in [3.63, 3.8) is 0 Å². The van der Waals surface area contributed by atoms with Gasteiger partial charge in [-0.05, 0) is 36.4 Å². The number of carbonyl (C=O) groups excluding carboxylic acids is 2. The molecule has 3 aromatic carbocycles. The van der Waals surface area contributed by atoms with Crippen molar-refractivity contribution in [2.45, 2.75) is 12.1 Å². The van der Waals surface area contributed by atoms with Gasteiger partial charge in [0, 0.05) is 11.1 Å². The van der Waals surface area contributed by atoms with E-state index in [0.29, 0.717) is 22.0 Å². The summed E-state index contributed by atoms with van der Waals surface area (Å²) in [6, 6.07) is 20.6. The lowest BCUT2D eigenvalue weighted by atomic mass is 9.89. The van der Waals surface area contributed by atoms with E-state index in [4.69, 9.17) is 16.4 Å². The van der Waals surface area contributed by atoms with Crippen molar-refractivity contribution in [2.75, 3.05) is 9.96 Å². The normalized spacial score (nSPS) is 22.3. The van der Waals surface area contributed by atoms with E-state index in [1.807, 2.05) is 6.07 Å². The lowest BCUT2D eigenvalue weighted by molar-refractivity contribution is -0.385. The number of para-hydroxylation sites is 2. The van der Waals surface area contributed by atoms with Gasteiger partial charge in [0.25, 0.3) is 11.6 Å². The van der Waals surface area contributed by atoms with E-state index in [9.17, 15) is 19.7 Å². The highest BCUT2D eigenvalue weighted by molar-refractivity contribution is 6.31. The van der Waals surface area contributed by atoms with Crippen LogP contribution in [-0.2, 0) is 14.4 Å². The van der Waals surface area contributed by atoms with Crippen LogP contribution in [0.2, 0.25) is 5.02 Å². The van der Waals surface area contributed by atoms with Crippen molar-refractivity contribution in [3.05, 3.63) is 99.6 Å². The number of nitro benzene ring substituents is 1. The molecule has 3 aromatic rings. The molecule has 8 nitrogen and oxygen atoms in total. The predicted molar refractivity (Wildman–Crippen MR) is 117 cm³/mol. The zero-order valence-corrected chi connectivity index (χ0v) is 17.3. The van der Waals surface area contributed by atoms with E-state index in [1.165, 1.54) is 17.2 Å². The number of hydrogen-bond donors (Lipinski definition) is 0. The molecule has 2 aliphatic heterocycles. The number of benzene rings is 3. The van der Waals surface area contributed by atoms with Gasteiger partial charge in [0.05, 0.1) is 21.9 Å². The summed E-state index contributed by atoms with van der Waals surface area (Å²) in [5, 5.41) is 13.6. The Morgan fingerprint density at radius 2 is 1.56 bits per heavy atom. The molecule has 2 heterocycles. The Bertz CT molecular complexity index is 1240. The Balaban J connectivity index is 1.64. The van der Waals surface area contributed by atoms with Gasteiger partial charge < -0.3 is 0 Å². The van der Waals surface area contributed by atoms with Gasteiger partial charge in [0.1, 0.15) is 12.0 Å². The van der Waals surface area contributed by atoms with Crippen molar-refractivity contribution in [1.82, 2.24) is 0 Å². The maximum Gasteiger partial charge on any atom is 0.274 e. The smallest absolute Gasteiger partial charge is 0.273 e. The van der Waals surface area contributed by atoms with Crippen LogP contribution in [0.5, 0.6) is 0 Å². The number of rotatable bonds is 4. The fraction of sp³-hybridized carbons (Fsp3) is 0.130. The van der Waals surface area contributed by atoms with Gasteiger partial charge in [-0.25, -0.2) is 9.96 Å². The Hall–Kier alpha value is -3.75. The molecule has 5 rings (SSSR count). The summed E-state index contributed by atoms with van der Waals surface area (Å²) in [6.45, 7) is 0. The van der Waals surface area contributed by atoms with Crippen LogP contribution in [-0.4, -0.2) is 22.8 Å². The molecule has 0 unspecified atom stereocenters. The maximum atomic E-state index is 13.5. The molecule has 2 saturated heterocycles. The first-order valence-corrected chi connectivity index (χ1v) is 10.2. The van der Waals surface area contributed by atoms with E-state index in [2.05, 4.69) is 0 Å². The van der Waals surface area contributed by atoms with Gasteiger partial charge >= 0.3 is 0 Å². The standard InChI is InChI=1S/C23H16ClN3O5/c24-14-7-6-10-16(13-14)25-22(28)19-20(17-11-4-5-12-18(17)27(30)31)26(32-21(19)23(25)29)15-8-2-1-3-9-15/h1-13,19-21H/t19-,20+,21+/m0/s1. The molecule has 0 bridgehead atoms. The highest BCUT2D eigenvalue weighted by Gasteiger charge is 2.61. The third kappa shape index (κ3) is 3.12. The molecule has 0 spiro atoms. The monoisotopic (exact) mass is 449 g/mol. The molecule has 0 aliphatic carbocycles. The molecule has 0 N–H and O–H groups in total. The first-order chi connectivity index (χ1) is 15.5. The lowest BCUT2D eigenvalue weighted by Gasteiger charge is -2.28. The molecule has 2 fully saturated rings.